The lowest BCUT2D eigenvalue weighted by molar-refractivity contribution is -0.146. The summed E-state index contributed by atoms with van der Waals surface area (Å²) < 4.78 is 21.6. The molecule has 1 aliphatic carbocycles. The quantitative estimate of drug-likeness (QED) is 0.243. The average Bonchev–Trinajstić information content (AvgIpc) is 2.55. The molecule has 0 radical (unpaired) electrons. The Kier molecular flexibility index (Phi) is 10.1. The Hall–Kier alpha value is -0.343. The first-order chi connectivity index (χ1) is 11.0. The molecule has 0 spiro atoms. The lowest BCUT2D eigenvalue weighted by Crippen LogP contribution is -2.42. The van der Waals surface area contributed by atoms with E-state index in [1.165, 1.54) is 5.57 Å². The van der Waals surface area contributed by atoms with Gasteiger partial charge in [0.15, 0.2) is 0 Å². The fourth-order valence-corrected chi connectivity index (χ4v) is 5.43. The van der Waals surface area contributed by atoms with Gasteiger partial charge >= 0.3 is 14.8 Å². The number of thioether (sulfide) groups is 1. The maximum Gasteiger partial charge on any atom is 0.500 e. The van der Waals surface area contributed by atoms with E-state index in [0.29, 0.717) is 6.42 Å². The van der Waals surface area contributed by atoms with Gasteiger partial charge in [0, 0.05) is 33.1 Å². The Morgan fingerprint density at radius 1 is 1.26 bits per heavy atom. The molecule has 0 aromatic heterocycles. The Balaban J connectivity index is 2.10. The van der Waals surface area contributed by atoms with Crippen molar-refractivity contribution in [3.8, 4) is 0 Å². The van der Waals surface area contributed by atoms with E-state index >= 15 is 0 Å². The zero-order chi connectivity index (χ0) is 17.1. The first kappa shape index (κ1) is 20.7. The molecule has 1 atom stereocenters. The molecule has 0 heterocycles. The first-order valence-corrected chi connectivity index (χ1v) is 11.2. The van der Waals surface area contributed by atoms with Crippen molar-refractivity contribution < 1.29 is 22.8 Å². The highest BCUT2D eigenvalue weighted by Crippen LogP contribution is 2.21. The van der Waals surface area contributed by atoms with Gasteiger partial charge in [0.05, 0.1) is 6.42 Å². The molecule has 5 nitrogen and oxygen atoms in total. The van der Waals surface area contributed by atoms with E-state index in [-0.39, 0.29) is 12.1 Å². The van der Waals surface area contributed by atoms with E-state index in [9.17, 15) is 4.79 Å². The molecule has 0 aromatic rings. The van der Waals surface area contributed by atoms with Crippen LogP contribution < -0.4 is 0 Å². The smallest absolute Gasteiger partial charge is 0.458 e. The topological polar surface area (TPSA) is 54.0 Å². The predicted octanol–water partition coefficient (Wildman–Crippen LogP) is 3.42. The zero-order valence-corrected chi connectivity index (χ0v) is 16.6. The van der Waals surface area contributed by atoms with Crippen molar-refractivity contribution in [3.63, 3.8) is 0 Å². The van der Waals surface area contributed by atoms with Gasteiger partial charge in [-0.3, -0.25) is 4.79 Å². The standard InChI is InChI=1S/C16H30O5SSi/c1-14-7-5-8-15(13-14)21-16(17)9-11-22-10-6-12-23(18-2,19-3)20-4/h13,15H,5-12H2,1-4H3. The van der Waals surface area contributed by atoms with Crippen molar-refractivity contribution in [1.82, 2.24) is 0 Å². The Labute approximate surface area is 145 Å². The lowest BCUT2D eigenvalue weighted by Gasteiger charge is -2.24. The summed E-state index contributed by atoms with van der Waals surface area (Å²) in [4.78, 5) is 11.8. The molecule has 0 fully saturated rings. The number of carbonyl (C=O) groups excluding carboxylic acids is 1. The van der Waals surface area contributed by atoms with E-state index in [0.717, 1.165) is 43.2 Å². The number of hydrogen-bond acceptors (Lipinski definition) is 6. The predicted molar refractivity (Wildman–Crippen MR) is 95.6 cm³/mol. The van der Waals surface area contributed by atoms with Crippen molar-refractivity contribution >= 4 is 26.5 Å². The van der Waals surface area contributed by atoms with Crippen LogP contribution in [0, 0.1) is 0 Å². The number of allylic oxidation sites excluding steroid dienone is 1. The van der Waals surface area contributed by atoms with E-state index in [1.54, 1.807) is 33.1 Å². The zero-order valence-electron chi connectivity index (χ0n) is 14.8. The monoisotopic (exact) mass is 362 g/mol. The van der Waals surface area contributed by atoms with Crippen LogP contribution in [0.15, 0.2) is 11.6 Å². The second-order valence-electron chi connectivity index (χ2n) is 5.69. The van der Waals surface area contributed by atoms with Gasteiger partial charge in [-0.05, 0) is 44.4 Å². The fourth-order valence-electron chi connectivity index (χ4n) is 2.59. The minimum atomic E-state index is -2.45. The van der Waals surface area contributed by atoms with Gasteiger partial charge in [0.25, 0.3) is 0 Å². The molecule has 134 valence electrons. The van der Waals surface area contributed by atoms with Crippen molar-refractivity contribution in [3.05, 3.63) is 11.6 Å². The molecule has 0 aliphatic heterocycles. The molecule has 7 heteroatoms. The highest BCUT2D eigenvalue weighted by atomic mass is 32.2. The number of ether oxygens (including phenoxy) is 1. The molecule has 0 saturated heterocycles. The summed E-state index contributed by atoms with van der Waals surface area (Å²) in [5.41, 5.74) is 1.32. The van der Waals surface area contributed by atoms with Crippen LogP contribution in [0.25, 0.3) is 0 Å². The summed E-state index contributed by atoms with van der Waals surface area (Å²) in [6, 6.07) is 0.792. The third-order valence-corrected chi connectivity index (χ3v) is 7.87. The first-order valence-electron chi connectivity index (χ1n) is 8.15. The van der Waals surface area contributed by atoms with Gasteiger partial charge in [-0.2, -0.15) is 11.8 Å². The molecule has 0 amide bonds. The van der Waals surface area contributed by atoms with Crippen LogP contribution in [-0.4, -0.2) is 53.7 Å². The van der Waals surface area contributed by atoms with Crippen LogP contribution >= 0.6 is 11.8 Å². The van der Waals surface area contributed by atoms with Crippen molar-refractivity contribution in [1.29, 1.82) is 0 Å². The van der Waals surface area contributed by atoms with E-state index in [2.05, 4.69) is 13.0 Å². The van der Waals surface area contributed by atoms with Crippen LogP contribution in [0.4, 0.5) is 0 Å². The van der Waals surface area contributed by atoms with Crippen LogP contribution in [0.1, 0.15) is 39.0 Å². The second kappa shape index (κ2) is 11.3. The molecule has 0 N–H and O–H groups in total. The Bertz CT molecular complexity index is 376. The highest BCUT2D eigenvalue weighted by Gasteiger charge is 2.36. The average molecular weight is 363 g/mol. The van der Waals surface area contributed by atoms with E-state index in [4.69, 9.17) is 18.0 Å². The maximum atomic E-state index is 11.8. The third kappa shape index (κ3) is 7.85. The van der Waals surface area contributed by atoms with Gasteiger partial charge in [-0.25, -0.2) is 0 Å². The number of esters is 1. The normalized spacial score (nSPS) is 18.6. The summed E-state index contributed by atoms with van der Waals surface area (Å²) >= 11 is 1.76. The summed E-state index contributed by atoms with van der Waals surface area (Å²) in [6.45, 7) is 2.10. The van der Waals surface area contributed by atoms with Crippen LogP contribution in [0.2, 0.25) is 6.04 Å². The summed E-state index contributed by atoms with van der Waals surface area (Å²) in [6.07, 6.45) is 6.67. The minimum absolute atomic E-state index is 0.0158. The number of carbonyl (C=O) groups is 1. The van der Waals surface area contributed by atoms with Gasteiger partial charge < -0.3 is 18.0 Å². The molecule has 0 saturated carbocycles. The third-order valence-electron chi connectivity index (χ3n) is 3.97. The summed E-state index contributed by atoms with van der Waals surface area (Å²) in [5.74, 6) is 1.65. The molecule has 1 unspecified atom stereocenters. The molecule has 23 heavy (non-hydrogen) atoms. The summed E-state index contributed by atoms with van der Waals surface area (Å²) in [5, 5.41) is 0. The maximum absolute atomic E-state index is 11.8. The van der Waals surface area contributed by atoms with E-state index in [1.807, 2.05) is 0 Å². The SMILES string of the molecule is CO[Si](CCCSCCC(=O)OC1C=C(C)CCC1)(OC)OC. The highest BCUT2D eigenvalue weighted by molar-refractivity contribution is 7.99. The van der Waals surface area contributed by atoms with Crippen molar-refractivity contribution in [2.45, 2.75) is 51.2 Å². The van der Waals surface area contributed by atoms with Crippen LogP contribution in [0.5, 0.6) is 0 Å². The minimum Gasteiger partial charge on any atom is -0.458 e. The van der Waals surface area contributed by atoms with Crippen LogP contribution in [0.3, 0.4) is 0 Å². The lowest BCUT2D eigenvalue weighted by atomic mass is 9.99. The van der Waals surface area contributed by atoms with Crippen molar-refractivity contribution in [2.24, 2.45) is 0 Å². The second-order valence-corrected chi connectivity index (χ2v) is 10.0. The van der Waals surface area contributed by atoms with Gasteiger partial charge in [-0.15, -0.1) is 0 Å². The summed E-state index contributed by atoms with van der Waals surface area (Å²) in [7, 11) is 2.44. The fraction of sp³-hybridized carbons (Fsp3) is 0.812. The molecule has 1 rings (SSSR count). The Morgan fingerprint density at radius 3 is 2.57 bits per heavy atom. The van der Waals surface area contributed by atoms with Crippen molar-refractivity contribution in [2.75, 3.05) is 32.8 Å². The number of hydrogen-bond donors (Lipinski definition) is 0. The van der Waals surface area contributed by atoms with Crippen LogP contribution in [-0.2, 0) is 22.8 Å². The number of rotatable bonds is 11. The molecule has 0 aromatic carbocycles. The van der Waals surface area contributed by atoms with Gasteiger partial charge in [0.2, 0.25) is 0 Å². The Morgan fingerprint density at radius 2 is 1.96 bits per heavy atom. The largest absolute Gasteiger partial charge is 0.500 e. The molecule has 1 aliphatic rings. The van der Waals surface area contributed by atoms with Gasteiger partial charge in [0.1, 0.15) is 6.10 Å². The molecular formula is C16H30O5SSi. The van der Waals surface area contributed by atoms with Gasteiger partial charge in [-0.1, -0.05) is 5.57 Å². The molecular weight excluding hydrogens is 332 g/mol. The van der Waals surface area contributed by atoms with E-state index < -0.39 is 8.80 Å². The molecule has 0 bridgehead atoms.